The molecule has 16 heavy (non-hydrogen) atoms. The van der Waals surface area contributed by atoms with E-state index in [0.29, 0.717) is 18.1 Å². The molecule has 0 saturated carbocycles. The minimum absolute atomic E-state index is 0.0766. The smallest absolute Gasteiger partial charge is 0.320 e. The Bertz CT molecular complexity index is 457. The molecule has 4 heteroatoms. The maximum Gasteiger partial charge on any atom is 0.322 e. The average molecular weight is 237 g/mol. The molecule has 0 radical (unpaired) electrons. The Kier molecular flexibility index (Phi) is 2.88. The molecule has 2 rings (SSSR count). The Hall–Kier alpha value is -1.48. The Morgan fingerprint density at radius 1 is 1.62 bits per heavy atom. The van der Waals surface area contributed by atoms with Gasteiger partial charge in [0.1, 0.15) is 0 Å². The molecular formula is C12H13ClN2O. The van der Waals surface area contributed by atoms with E-state index in [9.17, 15) is 4.79 Å². The van der Waals surface area contributed by atoms with Crippen LogP contribution in [0.1, 0.15) is 18.1 Å². The van der Waals surface area contributed by atoms with Gasteiger partial charge in [-0.1, -0.05) is 24.3 Å². The van der Waals surface area contributed by atoms with Crippen molar-refractivity contribution in [3.8, 4) is 0 Å². The summed E-state index contributed by atoms with van der Waals surface area (Å²) in [6, 6.07) is 3.56. The van der Waals surface area contributed by atoms with E-state index in [2.05, 4.69) is 11.9 Å². The van der Waals surface area contributed by atoms with Crippen molar-refractivity contribution in [3.05, 3.63) is 34.9 Å². The van der Waals surface area contributed by atoms with Crippen LogP contribution in [0.2, 0.25) is 5.02 Å². The van der Waals surface area contributed by atoms with Crippen LogP contribution in [0.4, 0.5) is 10.5 Å². The number of carbonyl (C=O) groups is 1. The predicted molar refractivity (Wildman–Crippen MR) is 66.6 cm³/mol. The van der Waals surface area contributed by atoms with E-state index >= 15 is 0 Å². The molecule has 0 aromatic heterocycles. The van der Waals surface area contributed by atoms with Gasteiger partial charge in [0.05, 0.1) is 6.54 Å². The van der Waals surface area contributed by atoms with Crippen LogP contribution in [0.3, 0.4) is 0 Å². The quantitative estimate of drug-likeness (QED) is 0.839. The summed E-state index contributed by atoms with van der Waals surface area (Å²) < 4.78 is 0. The Labute approximate surface area is 99.7 Å². The molecule has 2 amide bonds. The summed E-state index contributed by atoms with van der Waals surface area (Å²) in [5, 5.41) is 3.44. The Morgan fingerprint density at radius 3 is 3.00 bits per heavy atom. The molecule has 0 atom stereocenters. The number of urea groups is 1. The molecule has 1 aliphatic heterocycles. The van der Waals surface area contributed by atoms with Gasteiger partial charge in [0.2, 0.25) is 0 Å². The SMILES string of the molecule is C=Cc1cc(Cl)cc2c1CN(CC)C(=O)N2. The number of hydrogen-bond acceptors (Lipinski definition) is 1. The van der Waals surface area contributed by atoms with Gasteiger partial charge in [0.25, 0.3) is 0 Å². The first-order chi connectivity index (χ1) is 7.65. The first kappa shape index (κ1) is 11.0. The van der Waals surface area contributed by atoms with Crippen molar-refractivity contribution in [3.63, 3.8) is 0 Å². The van der Waals surface area contributed by atoms with E-state index in [-0.39, 0.29) is 6.03 Å². The standard InChI is InChI=1S/C12H13ClN2O/c1-3-8-5-9(13)6-11-10(8)7-15(4-2)12(16)14-11/h3,5-6H,1,4,7H2,2H3,(H,14,16). The van der Waals surface area contributed by atoms with Gasteiger partial charge in [-0.25, -0.2) is 4.79 Å². The minimum atomic E-state index is -0.0766. The van der Waals surface area contributed by atoms with Crippen LogP contribution in [0.5, 0.6) is 0 Å². The summed E-state index contributed by atoms with van der Waals surface area (Å²) in [6.07, 6.45) is 1.76. The molecule has 0 spiro atoms. The second-order valence-corrected chi connectivity index (χ2v) is 4.11. The van der Waals surface area contributed by atoms with Gasteiger partial charge >= 0.3 is 6.03 Å². The van der Waals surface area contributed by atoms with Crippen LogP contribution >= 0.6 is 11.6 Å². The maximum absolute atomic E-state index is 11.6. The first-order valence-electron chi connectivity index (χ1n) is 5.16. The van der Waals surface area contributed by atoms with Gasteiger partial charge in [-0.2, -0.15) is 0 Å². The third-order valence-corrected chi connectivity index (χ3v) is 2.95. The van der Waals surface area contributed by atoms with Crippen LogP contribution in [0.25, 0.3) is 6.08 Å². The lowest BCUT2D eigenvalue weighted by molar-refractivity contribution is 0.210. The lowest BCUT2D eigenvalue weighted by Crippen LogP contribution is -2.38. The fourth-order valence-electron chi connectivity index (χ4n) is 1.84. The largest absolute Gasteiger partial charge is 0.322 e. The highest BCUT2D eigenvalue weighted by atomic mass is 35.5. The normalized spacial score (nSPS) is 14.4. The number of carbonyl (C=O) groups excluding carboxylic acids is 1. The number of nitrogens with one attached hydrogen (secondary N) is 1. The first-order valence-corrected chi connectivity index (χ1v) is 5.54. The molecule has 0 unspecified atom stereocenters. The zero-order valence-electron chi connectivity index (χ0n) is 9.09. The van der Waals surface area contributed by atoms with Gasteiger partial charge in [0.15, 0.2) is 0 Å². The molecule has 0 saturated heterocycles. The van der Waals surface area contributed by atoms with Crippen LogP contribution in [0, 0.1) is 0 Å². The fraction of sp³-hybridized carbons (Fsp3) is 0.250. The molecule has 1 aromatic rings. The zero-order valence-corrected chi connectivity index (χ0v) is 9.84. The van der Waals surface area contributed by atoms with Crippen molar-refractivity contribution in [2.24, 2.45) is 0 Å². The number of hydrogen-bond donors (Lipinski definition) is 1. The van der Waals surface area contributed by atoms with E-state index < -0.39 is 0 Å². The molecule has 1 N–H and O–H groups in total. The number of rotatable bonds is 2. The molecule has 0 aliphatic carbocycles. The Morgan fingerprint density at radius 2 is 2.38 bits per heavy atom. The van der Waals surface area contributed by atoms with Crippen LogP contribution in [-0.4, -0.2) is 17.5 Å². The number of amides is 2. The van der Waals surface area contributed by atoms with E-state index in [0.717, 1.165) is 16.8 Å². The van der Waals surface area contributed by atoms with Crippen LogP contribution in [0.15, 0.2) is 18.7 Å². The van der Waals surface area contributed by atoms with Crippen LogP contribution in [-0.2, 0) is 6.54 Å². The van der Waals surface area contributed by atoms with E-state index in [4.69, 9.17) is 11.6 Å². The van der Waals surface area contributed by atoms with Crippen molar-refractivity contribution in [2.75, 3.05) is 11.9 Å². The molecule has 0 fully saturated rings. The van der Waals surface area contributed by atoms with Gasteiger partial charge in [-0.15, -0.1) is 0 Å². The third-order valence-electron chi connectivity index (χ3n) is 2.73. The second kappa shape index (κ2) is 4.18. The van der Waals surface area contributed by atoms with E-state index in [1.165, 1.54) is 0 Å². The topological polar surface area (TPSA) is 32.3 Å². The van der Waals surface area contributed by atoms with Crippen molar-refractivity contribution in [1.82, 2.24) is 4.90 Å². The zero-order chi connectivity index (χ0) is 11.7. The summed E-state index contributed by atoms with van der Waals surface area (Å²) in [4.78, 5) is 13.4. The van der Waals surface area contributed by atoms with E-state index in [1.807, 2.05) is 13.0 Å². The number of benzene rings is 1. The maximum atomic E-state index is 11.6. The summed E-state index contributed by atoms with van der Waals surface area (Å²) >= 11 is 5.97. The highest BCUT2D eigenvalue weighted by Gasteiger charge is 2.22. The van der Waals surface area contributed by atoms with Crippen molar-refractivity contribution < 1.29 is 4.79 Å². The summed E-state index contributed by atoms with van der Waals surface area (Å²) in [7, 11) is 0. The van der Waals surface area contributed by atoms with Gasteiger partial charge in [-0.05, 0) is 24.6 Å². The lowest BCUT2D eigenvalue weighted by Gasteiger charge is -2.29. The van der Waals surface area contributed by atoms with Crippen molar-refractivity contribution in [1.29, 1.82) is 0 Å². The van der Waals surface area contributed by atoms with Crippen molar-refractivity contribution >= 4 is 29.4 Å². The lowest BCUT2D eigenvalue weighted by atomic mass is 10.0. The van der Waals surface area contributed by atoms with Gasteiger partial charge < -0.3 is 10.2 Å². The number of fused-ring (bicyclic) bond motifs is 1. The molecule has 84 valence electrons. The molecule has 0 bridgehead atoms. The molecule has 1 aromatic carbocycles. The number of halogens is 1. The fourth-order valence-corrected chi connectivity index (χ4v) is 2.07. The average Bonchev–Trinajstić information content (AvgIpc) is 2.26. The van der Waals surface area contributed by atoms with Crippen molar-refractivity contribution in [2.45, 2.75) is 13.5 Å². The van der Waals surface area contributed by atoms with Gasteiger partial charge in [0, 0.05) is 22.8 Å². The predicted octanol–water partition coefficient (Wildman–Crippen LogP) is 3.35. The monoisotopic (exact) mass is 236 g/mol. The summed E-state index contributed by atoms with van der Waals surface area (Å²) in [5.41, 5.74) is 2.83. The molecular weight excluding hydrogens is 224 g/mol. The molecule has 3 nitrogen and oxygen atoms in total. The highest BCUT2D eigenvalue weighted by molar-refractivity contribution is 6.31. The van der Waals surface area contributed by atoms with Crippen LogP contribution < -0.4 is 5.32 Å². The highest BCUT2D eigenvalue weighted by Crippen LogP contribution is 2.30. The summed E-state index contributed by atoms with van der Waals surface area (Å²) in [6.45, 7) is 7.00. The van der Waals surface area contributed by atoms with E-state index in [1.54, 1.807) is 17.0 Å². The number of anilines is 1. The minimum Gasteiger partial charge on any atom is -0.320 e. The summed E-state index contributed by atoms with van der Waals surface area (Å²) in [5.74, 6) is 0. The third kappa shape index (κ3) is 1.78. The molecule has 1 heterocycles. The Balaban J connectivity index is 2.50. The number of nitrogens with zero attached hydrogens (tertiary/aromatic N) is 1. The molecule has 1 aliphatic rings. The van der Waals surface area contributed by atoms with Gasteiger partial charge in [-0.3, -0.25) is 0 Å². The second-order valence-electron chi connectivity index (χ2n) is 3.67.